The van der Waals surface area contributed by atoms with Gasteiger partial charge in [-0.1, -0.05) is 12.1 Å². The normalized spacial score (nSPS) is 11.3. The van der Waals surface area contributed by atoms with Gasteiger partial charge < -0.3 is 15.2 Å². The van der Waals surface area contributed by atoms with Gasteiger partial charge >= 0.3 is 0 Å². The molecule has 0 aromatic heterocycles. The van der Waals surface area contributed by atoms with Crippen molar-refractivity contribution < 1.29 is 17.9 Å². The van der Waals surface area contributed by atoms with E-state index in [1.54, 1.807) is 24.3 Å². The van der Waals surface area contributed by atoms with Crippen LogP contribution in [0, 0.1) is 0 Å². The number of methoxy groups -OCH3 is 1. The third kappa shape index (κ3) is 5.88. The first-order valence-electron chi connectivity index (χ1n) is 5.77. The molecule has 0 aliphatic rings. The highest BCUT2D eigenvalue weighted by Crippen LogP contribution is 2.24. The van der Waals surface area contributed by atoms with E-state index in [4.69, 9.17) is 15.2 Å². The molecule has 7 nitrogen and oxygen atoms in total. The number of benzene rings is 1. The van der Waals surface area contributed by atoms with Gasteiger partial charge in [-0.3, -0.25) is 4.72 Å². The Morgan fingerprint density at radius 2 is 2.00 bits per heavy atom. The summed E-state index contributed by atoms with van der Waals surface area (Å²) < 4.78 is 38.4. The summed E-state index contributed by atoms with van der Waals surface area (Å²) in [7, 11) is -2.15. The van der Waals surface area contributed by atoms with E-state index in [2.05, 4.69) is 9.44 Å². The van der Waals surface area contributed by atoms with Crippen LogP contribution in [0.2, 0.25) is 0 Å². The molecule has 8 heteroatoms. The van der Waals surface area contributed by atoms with Crippen molar-refractivity contribution in [3.8, 4) is 5.75 Å². The maximum absolute atomic E-state index is 11.7. The molecule has 0 fully saturated rings. The summed E-state index contributed by atoms with van der Waals surface area (Å²) in [5.41, 5.74) is 5.71. The highest BCUT2D eigenvalue weighted by atomic mass is 32.2. The molecule has 0 aliphatic carbocycles. The molecular formula is C11H19N3O4S. The molecular weight excluding hydrogens is 270 g/mol. The van der Waals surface area contributed by atoms with Gasteiger partial charge in [-0.25, -0.2) is 0 Å². The second kappa shape index (κ2) is 7.95. The van der Waals surface area contributed by atoms with E-state index >= 15 is 0 Å². The largest absolute Gasteiger partial charge is 0.490 e. The van der Waals surface area contributed by atoms with Crippen LogP contribution >= 0.6 is 0 Å². The van der Waals surface area contributed by atoms with Crippen molar-refractivity contribution >= 4 is 15.9 Å². The van der Waals surface area contributed by atoms with Gasteiger partial charge in [0, 0.05) is 20.2 Å². The summed E-state index contributed by atoms with van der Waals surface area (Å²) in [6.45, 7) is 1.16. The molecule has 1 aromatic carbocycles. The van der Waals surface area contributed by atoms with Gasteiger partial charge in [0.05, 0.1) is 12.3 Å². The number of anilines is 1. The SMILES string of the molecule is COCCNS(=O)(=O)Nc1ccccc1OCCN. The van der Waals surface area contributed by atoms with Gasteiger partial charge in [0.15, 0.2) is 0 Å². The molecule has 0 bridgehead atoms. The van der Waals surface area contributed by atoms with E-state index in [-0.39, 0.29) is 6.54 Å². The average Bonchev–Trinajstić information content (AvgIpc) is 2.37. The quantitative estimate of drug-likeness (QED) is 0.552. The first-order valence-corrected chi connectivity index (χ1v) is 7.25. The van der Waals surface area contributed by atoms with Crippen LogP contribution in [-0.2, 0) is 14.9 Å². The number of ether oxygens (including phenoxy) is 2. The molecule has 1 rings (SSSR count). The predicted octanol–water partition coefficient (Wildman–Crippen LogP) is -0.0832. The topological polar surface area (TPSA) is 103 Å². The number of nitrogens with two attached hydrogens (primary N) is 1. The molecule has 0 aliphatic heterocycles. The Balaban J connectivity index is 2.69. The van der Waals surface area contributed by atoms with Crippen LogP contribution in [0.1, 0.15) is 0 Å². The zero-order valence-electron chi connectivity index (χ0n) is 10.8. The lowest BCUT2D eigenvalue weighted by molar-refractivity contribution is 0.204. The maximum Gasteiger partial charge on any atom is 0.299 e. The molecule has 4 N–H and O–H groups in total. The minimum atomic E-state index is -3.65. The molecule has 1 aromatic rings. The van der Waals surface area contributed by atoms with Crippen molar-refractivity contribution in [1.82, 2.24) is 4.72 Å². The lowest BCUT2D eigenvalue weighted by Gasteiger charge is -2.13. The molecule has 0 saturated heterocycles. The monoisotopic (exact) mass is 289 g/mol. The van der Waals surface area contributed by atoms with Gasteiger partial charge in [-0.05, 0) is 12.1 Å². The highest BCUT2D eigenvalue weighted by molar-refractivity contribution is 7.90. The Hall–Kier alpha value is -1.35. The van der Waals surface area contributed by atoms with Gasteiger partial charge in [0.2, 0.25) is 0 Å². The smallest absolute Gasteiger partial charge is 0.299 e. The molecule has 0 spiro atoms. The number of nitrogens with one attached hydrogen (secondary N) is 2. The second-order valence-electron chi connectivity index (χ2n) is 3.63. The van der Waals surface area contributed by atoms with E-state index in [1.165, 1.54) is 7.11 Å². The molecule has 0 radical (unpaired) electrons. The van der Waals surface area contributed by atoms with Crippen LogP contribution in [0.5, 0.6) is 5.75 Å². The summed E-state index contributed by atoms with van der Waals surface area (Å²) in [5, 5.41) is 0. The molecule has 0 heterocycles. The van der Waals surface area contributed by atoms with Crippen LogP contribution in [0.25, 0.3) is 0 Å². The van der Waals surface area contributed by atoms with Crippen molar-refractivity contribution in [3.63, 3.8) is 0 Å². The van der Waals surface area contributed by atoms with Crippen LogP contribution < -0.4 is 19.9 Å². The number of hydrogen-bond donors (Lipinski definition) is 3. The molecule has 108 valence electrons. The Bertz CT molecular complexity index is 479. The van der Waals surface area contributed by atoms with Crippen molar-refractivity contribution in [2.45, 2.75) is 0 Å². The van der Waals surface area contributed by atoms with Gasteiger partial charge in [0.25, 0.3) is 10.2 Å². The van der Waals surface area contributed by atoms with E-state index in [1.807, 2.05) is 0 Å². The van der Waals surface area contributed by atoms with Crippen molar-refractivity contribution in [2.24, 2.45) is 5.73 Å². The third-order valence-electron chi connectivity index (χ3n) is 2.11. The van der Waals surface area contributed by atoms with E-state index in [0.29, 0.717) is 31.2 Å². The number of rotatable bonds is 9. The third-order valence-corrected chi connectivity index (χ3v) is 3.18. The van der Waals surface area contributed by atoms with Gasteiger partial charge in [0.1, 0.15) is 12.4 Å². The summed E-state index contributed by atoms with van der Waals surface area (Å²) in [4.78, 5) is 0. The predicted molar refractivity (Wildman–Crippen MR) is 73.4 cm³/mol. The van der Waals surface area contributed by atoms with E-state index in [0.717, 1.165) is 0 Å². The van der Waals surface area contributed by atoms with Crippen LogP contribution in [0.3, 0.4) is 0 Å². The Morgan fingerprint density at radius 3 is 2.68 bits per heavy atom. The first-order chi connectivity index (χ1) is 9.09. The fraction of sp³-hybridized carbons (Fsp3) is 0.455. The Labute approximate surface area is 113 Å². The molecule has 19 heavy (non-hydrogen) atoms. The fourth-order valence-electron chi connectivity index (χ4n) is 1.30. The lowest BCUT2D eigenvalue weighted by atomic mass is 10.3. The van der Waals surface area contributed by atoms with Crippen molar-refractivity contribution in [3.05, 3.63) is 24.3 Å². The zero-order chi connectivity index (χ0) is 14.1. The van der Waals surface area contributed by atoms with E-state index < -0.39 is 10.2 Å². The summed E-state index contributed by atoms with van der Waals surface area (Å²) in [6, 6.07) is 6.74. The maximum atomic E-state index is 11.7. The van der Waals surface area contributed by atoms with Gasteiger partial charge in [-0.2, -0.15) is 13.1 Å². The Kier molecular flexibility index (Phi) is 6.57. The van der Waals surface area contributed by atoms with Gasteiger partial charge in [-0.15, -0.1) is 0 Å². The minimum absolute atomic E-state index is 0.192. The van der Waals surface area contributed by atoms with Crippen LogP contribution in [0.15, 0.2) is 24.3 Å². The summed E-state index contributed by atoms with van der Waals surface area (Å²) in [5.74, 6) is 0.435. The van der Waals surface area contributed by atoms with Crippen molar-refractivity contribution in [1.29, 1.82) is 0 Å². The first kappa shape index (κ1) is 15.7. The fourth-order valence-corrected chi connectivity index (χ4v) is 2.19. The van der Waals surface area contributed by atoms with Crippen LogP contribution in [-0.4, -0.2) is 41.8 Å². The highest BCUT2D eigenvalue weighted by Gasteiger charge is 2.12. The summed E-state index contributed by atoms with van der Waals surface area (Å²) in [6.07, 6.45) is 0. The van der Waals surface area contributed by atoms with E-state index in [9.17, 15) is 8.42 Å². The zero-order valence-corrected chi connectivity index (χ0v) is 11.6. The molecule has 0 unspecified atom stereocenters. The molecule has 0 atom stereocenters. The second-order valence-corrected chi connectivity index (χ2v) is 5.13. The lowest BCUT2D eigenvalue weighted by Crippen LogP contribution is -2.32. The minimum Gasteiger partial charge on any atom is -0.490 e. The summed E-state index contributed by atoms with van der Waals surface area (Å²) >= 11 is 0. The molecule has 0 saturated carbocycles. The number of para-hydroxylation sites is 2. The van der Waals surface area contributed by atoms with Crippen molar-refractivity contribution in [2.75, 3.05) is 38.1 Å². The molecule has 0 amide bonds. The van der Waals surface area contributed by atoms with Crippen LogP contribution in [0.4, 0.5) is 5.69 Å². The number of hydrogen-bond acceptors (Lipinski definition) is 5. The average molecular weight is 289 g/mol. The Morgan fingerprint density at radius 1 is 1.26 bits per heavy atom. The standard InChI is InChI=1S/C11H19N3O4S/c1-17-9-7-13-19(15,16)14-10-4-2-3-5-11(10)18-8-6-12/h2-5,13-14H,6-9,12H2,1H3.